The molecule has 0 aliphatic heterocycles. The van der Waals surface area contributed by atoms with Crippen LogP contribution in [0.5, 0.6) is 0 Å². The fourth-order valence-electron chi connectivity index (χ4n) is 2.74. The number of aromatic nitrogens is 3. The quantitative estimate of drug-likeness (QED) is 0.691. The second-order valence-electron chi connectivity index (χ2n) is 6.09. The molecule has 0 fully saturated rings. The van der Waals surface area contributed by atoms with Crippen LogP contribution in [0.4, 0.5) is 4.39 Å². The molecule has 3 aromatic rings. The molecule has 1 N–H and O–H groups in total. The molecule has 2 aromatic heterocycles. The van der Waals surface area contributed by atoms with Gasteiger partial charge in [0.05, 0.1) is 11.4 Å². The van der Waals surface area contributed by atoms with Crippen molar-refractivity contribution in [3.8, 4) is 22.5 Å². The lowest BCUT2D eigenvalue weighted by molar-refractivity contribution is -0.131. The van der Waals surface area contributed by atoms with Crippen molar-refractivity contribution in [3.05, 3.63) is 66.5 Å². The molecule has 0 aliphatic rings. The molecule has 0 spiro atoms. The molecule has 0 unspecified atom stereocenters. The van der Waals surface area contributed by atoms with Crippen molar-refractivity contribution in [1.29, 1.82) is 0 Å². The molecular weight excluding hydrogens is 333 g/mol. The van der Waals surface area contributed by atoms with E-state index in [1.165, 1.54) is 18.3 Å². The maximum Gasteiger partial charge on any atom is 0.329 e. The summed E-state index contributed by atoms with van der Waals surface area (Å²) >= 11 is 0. The van der Waals surface area contributed by atoms with Crippen molar-refractivity contribution in [2.75, 3.05) is 0 Å². The van der Waals surface area contributed by atoms with E-state index in [2.05, 4.69) is 4.98 Å². The first kappa shape index (κ1) is 17.5. The van der Waals surface area contributed by atoms with E-state index in [-0.39, 0.29) is 11.7 Å². The lowest BCUT2D eigenvalue weighted by Gasteiger charge is -2.10. The Kier molecular flexibility index (Phi) is 4.93. The normalized spacial score (nSPS) is 11.4. The number of nitrogens with zero attached hydrogens (tertiary/aromatic N) is 3. The molecule has 6 heteroatoms. The predicted molar refractivity (Wildman–Crippen MR) is 97.9 cm³/mol. The molecule has 0 saturated carbocycles. The molecule has 3 rings (SSSR count). The number of pyridine rings is 1. The number of carboxylic acids is 1. The summed E-state index contributed by atoms with van der Waals surface area (Å²) in [6.07, 6.45) is 5.89. The highest BCUT2D eigenvalue weighted by Gasteiger charge is 2.20. The number of imidazole rings is 1. The SMILES string of the molecule is CC(C)c1nc(-c2ccncc2)c(-c2ccc(F)cc2)n1/C=C/C(=O)O. The van der Waals surface area contributed by atoms with Crippen LogP contribution >= 0.6 is 0 Å². The van der Waals surface area contributed by atoms with E-state index in [1.807, 2.05) is 26.0 Å². The third-order valence-corrected chi connectivity index (χ3v) is 3.89. The zero-order valence-electron chi connectivity index (χ0n) is 14.4. The largest absolute Gasteiger partial charge is 0.478 e. The number of halogens is 1. The van der Waals surface area contributed by atoms with Crippen molar-refractivity contribution in [2.24, 2.45) is 0 Å². The van der Waals surface area contributed by atoms with Gasteiger partial charge in [-0.1, -0.05) is 13.8 Å². The molecule has 0 amide bonds. The van der Waals surface area contributed by atoms with E-state index in [9.17, 15) is 9.18 Å². The van der Waals surface area contributed by atoms with Crippen LogP contribution in [0, 0.1) is 5.82 Å². The van der Waals surface area contributed by atoms with Crippen LogP contribution < -0.4 is 0 Å². The summed E-state index contributed by atoms with van der Waals surface area (Å²) in [4.78, 5) is 19.8. The Hall–Kier alpha value is -3.28. The first-order valence-corrected chi connectivity index (χ1v) is 8.17. The third-order valence-electron chi connectivity index (χ3n) is 3.89. The highest BCUT2D eigenvalue weighted by Crippen LogP contribution is 2.35. The highest BCUT2D eigenvalue weighted by atomic mass is 19.1. The van der Waals surface area contributed by atoms with Crippen LogP contribution in [0.25, 0.3) is 28.7 Å². The second-order valence-corrected chi connectivity index (χ2v) is 6.09. The fourth-order valence-corrected chi connectivity index (χ4v) is 2.74. The van der Waals surface area contributed by atoms with Crippen LogP contribution in [0.2, 0.25) is 0 Å². The van der Waals surface area contributed by atoms with Crippen molar-refractivity contribution >= 4 is 12.2 Å². The lowest BCUT2D eigenvalue weighted by Crippen LogP contribution is -2.01. The van der Waals surface area contributed by atoms with Crippen LogP contribution in [0.3, 0.4) is 0 Å². The minimum atomic E-state index is -1.05. The molecular formula is C20H18FN3O2. The molecule has 1 aromatic carbocycles. The van der Waals surface area contributed by atoms with E-state index >= 15 is 0 Å². The smallest absolute Gasteiger partial charge is 0.329 e. The molecule has 0 aliphatic carbocycles. The molecule has 0 bridgehead atoms. The Balaban J connectivity index is 2.32. The number of aliphatic carboxylic acids is 1. The zero-order valence-corrected chi connectivity index (χ0v) is 14.4. The van der Waals surface area contributed by atoms with Crippen LogP contribution in [-0.2, 0) is 4.79 Å². The Labute approximate surface area is 150 Å². The monoisotopic (exact) mass is 351 g/mol. The van der Waals surface area contributed by atoms with Gasteiger partial charge in [-0.3, -0.25) is 4.98 Å². The van der Waals surface area contributed by atoms with Gasteiger partial charge in [0.15, 0.2) is 0 Å². The standard InChI is InChI=1S/C20H18FN3O2/c1-13(2)20-23-18(14-7-10-22-11-8-14)19(24(20)12-9-17(25)26)15-3-5-16(21)6-4-15/h3-13H,1-2H3,(H,25,26)/b12-9+. The predicted octanol–water partition coefficient (Wildman–Crippen LogP) is 4.43. The first-order valence-electron chi connectivity index (χ1n) is 8.17. The number of hydrogen-bond acceptors (Lipinski definition) is 3. The van der Waals surface area contributed by atoms with Gasteiger partial charge in [-0.25, -0.2) is 14.2 Å². The maximum absolute atomic E-state index is 13.4. The summed E-state index contributed by atoms with van der Waals surface area (Å²) < 4.78 is 15.1. The number of carboxylic acid groups (broad SMARTS) is 1. The van der Waals surface area contributed by atoms with Crippen LogP contribution in [0.1, 0.15) is 25.6 Å². The lowest BCUT2D eigenvalue weighted by atomic mass is 10.1. The Morgan fingerprint density at radius 3 is 2.35 bits per heavy atom. The molecule has 0 atom stereocenters. The van der Waals surface area contributed by atoms with E-state index in [0.717, 1.165) is 17.2 Å². The topological polar surface area (TPSA) is 68.0 Å². The van der Waals surface area contributed by atoms with E-state index in [4.69, 9.17) is 10.1 Å². The number of benzene rings is 1. The van der Waals surface area contributed by atoms with Gasteiger partial charge in [-0.15, -0.1) is 0 Å². The molecule has 0 saturated heterocycles. The van der Waals surface area contributed by atoms with Crippen molar-refractivity contribution in [2.45, 2.75) is 19.8 Å². The van der Waals surface area contributed by atoms with Gasteiger partial charge in [0.1, 0.15) is 11.6 Å². The summed E-state index contributed by atoms with van der Waals surface area (Å²) in [5.74, 6) is -0.615. The van der Waals surface area contributed by atoms with Gasteiger partial charge in [0.2, 0.25) is 0 Å². The molecule has 5 nitrogen and oxygen atoms in total. The average Bonchev–Trinajstić information content (AvgIpc) is 3.01. The summed E-state index contributed by atoms with van der Waals surface area (Å²) in [6.45, 7) is 3.97. The summed E-state index contributed by atoms with van der Waals surface area (Å²) in [5, 5.41) is 9.05. The van der Waals surface area contributed by atoms with Crippen LogP contribution in [0.15, 0.2) is 54.9 Å². The van der Waals surface area contributed by atoms with Crippen molar-refractivity contribution < 1.29 is 14.3 Å². The Morgan fingerprint density at radius 2 is 1.77 bits per heavy atom. The van der Waals surface area contributed by atoms with E-state index in [1.54, 1.807) is 29.1 Å². The number of rotatable bonds is 5. The van der Waals surface area contributed by atoms with Crippen molar-refractivity contribution in [3.63, 3.8) is 0 Å². The third kappa shape index (κ3) is 3.54. The Morgan fingerprint density at radius 1 is 1.12 bits per heavy atom. The van der Waals surface area contributed by atoms with Gasteiger partial charge in [-0.2, -0.15) is 0 Å². The van der Waals surface area contributed by atoms with E-state index in [0.29, 0.717) is 17.2 Å². The Bertz CT molecular complexity index is 945. The van der Waals surface area contributed by atoms with Gasteiger partial charge in [0.25, 0.3) is 0 Å². The molecule has 0 radical (unpaired) electrons. The number of hydrogen-bond donors (Lipinski definition) is 1. The van der Waals surface area contributed by atoms with Crippen molar-refractivity contribution in [1.82, 2.24) is 14.5 Å². The minimum absolute atomic E-state index is 0.0585. The second kappa shape index (κ2) is 7.31. The minimum Gasteiger partial charge on any atom is -0.478 e. The first-order chi connectivity index (χ1) is 12.5. The van der Waals surface area contributed by atoms with Gasteiger partial charge in [0, 0.05) is 41.7 Å². The van der Waals surface area contributed by atoms with Gasteiger partial charge < -0.3 is 9.67 Å². The maximum atomic E-state index is 13.4. The van der Waals surface area contributed by atoms with Gasteiger partial charge in [-0.05, 0) is 36.4 Å². The summed E-state index contributed by atoms with van der Waals surface area (Å²) in [5.41, 5.74) is 2.99. The van der Waals surface area contributed by atoms with Gasteiger partial charge >= 0.3 is 5.97 Å². The molecule has 26 heavy (non-hydrogen) atoms. The summed E-state index contributed by atoms with van der Waals surface area (Å²) in [6, 6.07) is 9.74. The average molecular weight is 351 g/mol. The molecule has 132 valence electrons. The summed E-state index contributed by atoms with van der Waals surface area (Å²) in [7, 11) is 0. The number of carbonyl (C=O) groups is 1. The molecule has 2 heterocycles. The highest BCUT2D eigenvalue weighted by molar-refractivity contribution is 5.85. The van der Waals surface area contributed by atoms with Crippen LogP contribution in [-0.4, -0.2) is 25.6 Å². The fraction of sp³-hybridized carbons (Fsp3) is 0.150. The zero-order chi connectivity index (χ0) is 18.7. The van der Waals surface area contributed by atoms with E-state index < -0.39 is 5.97 Å².